The minimum atomic E-state index is 0.462. The molecule has 2 aliphatic heterocycles. The number of piperazine rings is 1. The van der Waals surface area contributed by atoms with Gasteiger partial charge in [0.05, 0.1) is 16.4 Å². The molecule has 1 N–H and O–H groups in total. The molecule has 0 spiro atoms. The molecule has 0 amide bonds. The second kappa shape index (κ2) is 8.65. The van der Waals surface area contributed by atoms with Gasteiger partial charge in [0.15, 0.2) is 5.84 Å². The van der Waals surface area contributed by atoms with Crippen molar-refractivity contribution in [2.24, 2.45) is 4.99 Å². The van der Waals surface area contributed by atoms with Gasteiger partial charge in [-0.1, -0.05) is 25.0 Å². The van der Waals surface area contributed by atoms with Crippen molar-refractivity contribution in [3.63, 3.8) is 0 Å². The second-order valence-electron chi connectivity index (χ2n) is 8.65. The summed E-state index contributed by atoms with van der Waals surface area (Å²) in [5.41, 5.74) is 3.10. The summed E-state index contributed by atoms with van der Waals surface area (Å²) in [6.45, 7) is 3.73. The number of aliphatic imine (C=N–C) groups is 1. The first kappa shape index (κ1) is 20.0. The number of hydrogen-bond donors (Lipinski definition) is 1. The zero-order valence-corrected chi connectivity index (χ0v) is 18.7. The molecule has 1 atom stereocenters. The number of amidine groups is 1. The molecular formula is C23H31N5OS. The van der Waals surface area contributed by atoms with Crippen LogP contribution in [-0.4, -0.2) is 67.1 Å². The Kier molecular flexibility index (Phi) is 5.76. The monoisotopic (exact) mass is 425 g/mol. The van der Waals surface area contributed by atoms with Crippen LogP contribution in [-0.2, 0) is 4.74 Å². The Morgan fingerprint density at radius 2 is 2.03 bits per heavy atom. The molecule has 1 saturated carbocycles. The highest BCUT2D eigenvalue weighted by molar-refractivity contribution is 7.16. The van der Waals surface area contributed by atoms with E-state index in [0.717, 1.165) is 60.6 Å². The van der Waals surface area contributed by atoms with Crippen LogP contribution in [0.1, 0.15) is 48.7 Å². The lowest BCUT2D eigenvalue weighted by atomic mass is 10.1. The van der Waals surface area contributed by atoms with Gasteiger partial charge < -0.3 is 15.0 Å². The van der Waals surface area contributed by atoms with Crippen molar-refractivity contribution in [2.45, 2.75) is 44.1 Å². The van der Waals surface area contributed by atoms with E-state index in [1.54, 1.807) is 7.11 Å². The molecule has 30 heavy (non-hydrogen) atoms. The number of anilines is 2. The third kappa shape index (κ3) is 3.86. The van der Waals surface area contributed by atoms with Gasteiger partial charge in [-0.15, -0.1) is 11.3 Å². The number of fused-ring (bicyclic) bond motifs is 2. The van der Waals surface area contributed by atoms with Gasteiger partial charge in [0.1, 0.15) is 10.7 Å². The van der Waals surface area contributed by atoms with E-state index in [2.05, 4.69) is 46.4 Å². The molecular weight excluding hydrogens is 394 g/mol. The molecule has 1 aromatic heterocycles. The third-order valence-corrected chi connectivity index (χ3v) is 7.80. The molecule has 5 rings (SSSR count). The molecule has 2 aromatic rings. The summed E-state index contributed by atoms with van der Waals surface area (Å²) in [5, 5.41) is 6.08. The lowest BCUT2D eigenvalue weighted by Gasteiger charge is -2.40. The maximum atomic E-state index is 5.36. The first-order chi connectivity index (χ1) is 14.7. The van der Waals surface area contributed by atoms with E-state index < -0.39 is 0 Å². The van der Waals surface area contributed by atoms with Crippen molar-refractivity contribution in [3.05, 3.63) is 35.0 Å². The summed E-state index contributed by atoms with van der Waals surface area (Å²) >= 11 is 1.83. The van der Waals surface area contributed by atoms with Crippen LogP contribution in [0.2, 0.25) is 0 Å². The number of methoxy groups -OCH3 is 1. The van der Waals surface area contributed by atoms with Crippen LogP contribution in [0.3, 0.4) is 0 Å². The minimum Gasteiger partial charge on any atom is -0.385 e. The molecule has 0 radical (unpaired) electrons. The van der Waals surface area contributed by atoms with Gasteiger partial charge in [0.25, 0.3) is 0 Å². The minimum absolute atomic E-state index is 0.462. The van der Waals surface area contributed by atoms with Crippen molar-refractivity contribution in [1.29, 1.82) is 0 Å². The number of benzene rings is 1. The molecule has 1 saturated heterocycles. The first-order valence-corrected chi connectivity index (χ1v) is 11.9. The summed E-state index contributed by atoms with van der Waals surface area (Å²) in [6, 6.07) is 8.80. The molecule has 7 heteroatoms. The van der Waals surface area contributed by atoms with Gasteiger partial charge in [-0.25, -0.2) is 9.98 Å². The van der Waals surface area contributed by atoms with Crippen LogP contribution < -0.4 is 5.32 Å². The highest BCUT2D eigenvalue weighted by atomic mass is 32.1. The topological polar surface area (TPSA) is 53.0 Å². The van der Waals surface area contributed by atoms with E-state index in [1.807, 2.05) is 11.3 Å². The molecule has 6 nitrogen and oxygen atoms in total. The van der Waals surface area contributed by atoms with Crippen LogP contribution in [0.25, 0.3) is 0 Å². The molecule has 0 bridgehead atoms. The lowest BCUT2D eigenvalue weighted by Crippen LogP contribution is -2.53. The lowest BCUT2D eigenvalue weighted by molar-refractivity contribution is 0.100. The highest BCUT2D eigenvalue weighted by Gasteiger charge is 2.32. The number of hydrogen-bond acceptors (Lipinski definition) is 7. The number of rotatable bonds is 4. The number of ether oxygens (including phenoxy) is 1. The van der Waals surface area contributed by atoms with Crippen LogP contribution in [0.5, 0.6) is 0 Å². The number of aromatic nitrogens is 1. The molecule has 2 fully saturated rings. The Balaban J connectivity index is 1.51. The number of likely N-dealkylation sites (N-methyl/N-ethyl adjacent to an activating group) is 1. The van der Waals surface area contributed by atoms with Gasteiger partial charge in [0, 0.05) is 45.3 Å². The molecule has 1 aromatic carbocycles. The van der Waals surface area contributed by atoms with E-state index >= 15 is 0 Å². The van der Waals surface area contributed by atoms with Gasteiger partial charge in [0.2, 0.25) is 0 Å². The van der Waals surface area contributed by atoms with Crippen LogP contribution in [0.15, 0.2) is 29.3 Å². The number of thiazole rings is 1. The smallest absolute Gasteiger partial charge is 0.158 e. The summed E-state index contributed by atoms with van der Waals surface area (Å²) < 4.78 is 5.36. The highest BCUT2D eigenvalue weighted by Crippen LogP contribution is 2.43. The summed E-state index contributed by atoms with van der Waals surface area (Å²) in [5.74, 6) is 1.64. The second-order valence-corrected chi connectivity index (χ2v) is 9.68. The van der Waals surface area contributed by atoms with Crippen molar-refractivity contribution in [2.75, 3.05) is 45.7 Å². The zero-order chi connectivity index (χ0) is 20.5. The molecule has 160 valence electrons. The molecule has 0 unspecified atom stereocenters. The predicted octanol–water partition coefficient (Wildman–Crippen LogP) is 4.59. The predicted molar refractivity (Wildman–Crippen MR) is 124 cm³/mol. The van der Waals surface area contributed by atoms with Crippen molar-refractivity contribution < 1.29 is 4.74 Å². The van der Waals surface area contributed by atoms with E-state index in [9.17, 15) is 0 Å². The van der Waals surface area contributed by atoms with Gasteiger partial charge in [-0.3, -0.25) is 4.90 Å². The van der Waals surface area contributed by atoms with E-state index in [1.165, 1.54) is 30.7 Å². The molecule has 3 heterocycles. The maximum absolute atomic E-state index is 5.36. The number of para-hydroxylation sites is 2. The largest absolute Gasteiger partial charge is 0.385 e. The summed E-state index contributed by atoms with van der Waals surface area (Å²) in [7, 11) is 4.00. The first-order valence-electron chi connectivity index (χ1n) is 11.1. The van der Waals surface area contributed by atoms with Crippen molar-refractivity contribution in [1.82, 2.24) is 14.8 Å². The average Bonchev–Trinajstić information content (AvgIpc) is 3.40. The number of nitrogens with zero attached hydrogens (tertiary/aromatic N) is 4. The Morgan fingerprint density at radius 3 is 2.87 bits per heavy atom. The quantitative estimate of drug-likeness (QED) is 0.777. The zero-order valence-electron chi connectivity index (χ0n) is 17.9. The van der Waals surface area contributed by atoms with Gasteiger partial charge >= 0.3 is 0 Å². The standard InChI is InChI=1S/C23H31N5OS/c1-27-12-13-28(15-17(27)11-14-29-2)21-20-23(25-19-10-6-5-9-18(19)24-21)30-22(26-20)16-7-3-4-8-16/h5-6,9-10,16-17,25H,3-4,7-8,11-15H2,1-2H3/t17-/m0/s1. The Hall–Kier alpha value is -1.96. The molecule has 1 aliphatic carbocycles. The maximum Gasteiger partial charge on any atom is 0.158 e. The third-order valence-electron chi connectivity index (χ3n) is 6.67. The van der Waals surface area contributed by atoms with Gasteiger partial charge in [-0.05, 0) is 38.4 Å². The van der Waals surface area contributed by atoms with E-state index in [0.29, 0.717) is 12.0 Å². The summed E-state index contributed by atoms with van der Waals surface area (Å²) in [6.07, 6.45) is 6.21. The van der Waals surface area contributed by atoms with Crippen LogP contribution in [0.4, 0.5) is 16.4 Å². The Labute approximate surface area is 183 Å². The SMILES string of the molecule is COCC[C@H]1CN(C2=Nc3ccccc3Nc3sc(C4CCCC4)nc32)CCN1C. The number of nitrogens with one attached hydrogen (secondary N) is 1. The Bertz CT molecular complexity index is 920. The summed E-state index contributed by atoms with van der Waals surface area (Å²) in [4.78, 5) is 15.2. The van der Waals surface area contributed by atoms with E-state index in [-0.39, 0.29) is 0 Å². The fourth-order valence-electron chi connectivity index (χ4n) is 4.81. The average molecular weight is 426 g/mol. The van der Waals surface area contributed by atoms with Crippen LogP contribution >= 0.6 is 11.3 Å². The fraction of sp³-hybridized carbons (Fsp3) is 0.565. The normalized spacial score (nSPS) is 22.3. The fourth-order valence-corrected chi connectivity index (χ4v) is 5.95. The Morgan fingerprint density at radius 1 is 1.20 bits per heavy atom. The van der Waals surface area contributed by atoms with Crippen LogP contribution in [0, 0.1) is 0 Å². The van der Waals surface area contributed by atoms with Crippen molar-refractivity contribution >= 4 is 33.5 Å². The van der Waals surface area contributed by atoms with E-state index in [4.69, 9.17) is 14.7 Å². The van der Waals surface area contributed by atoms with Gasteiger partial charge in [-0.2, -0.15) is 0 Å². The molecule has 3 aliphatic rings. The van der Waals surface area contributed by atoms with Crippen molar-refractivity contribution in [3.8, 4) is 0 Å².